The van der Waals surface area contributed by atoms with E-state index in [1.54, 1.807) is 6.55 Å². The summed E-state index contributed by atoms with van der Waals surface area (Å²) in [4.78, 5) is 0. The van der Waals surface area contributed by atoms with Gasteiger partial charge in [-0.1, -0.05) is 7.43 Å². The molecule has 0 amide bonds. The Morgan fingerprint density at radius 2 is 1.83 bits per heavy atom. The molecule has 0 saturated carbocycles. The second-order valence-electron chi connectivity index (χ2n) is 0.696. The molecular formula is C3H10O2Si. The third-order valence-corrected chi connectivity index (χ3v) is 0.862. The number of hydrogen-bond acceptors (Lipinski definition) is 2. The first-order valence-electron chi connectivity index (χ1n) is 1.32. The van der Waals surface area contributed by atoms with Gasteiger partial charge in [0.1, 0.15) is 0 Å². The lowest BCUT2D eigenvalue weighted by molar-refractivity contribution is 0.370. The summed E-state index contributed by atoms with van der Waals surface area (Å²) in [5, 5.41) is 0. The summed E-state index contributed by atoms with van der Waals surface area (Å²) in [5.41, 5.74) is 0. The Morgan fingerprint density at radius 1 is 1.67 bits per heavy atom. The van der Waals surface area contributed by atoms with E-state index >= 15 is 0 Å². The summed E-state index contributed by atoms with van der Waals surface area (Å²) in [6.45, 7) is 1.55. The molecule has 0 aliphatic carbocycles. The zero-order valence-electron chi connectivity index (χ0n) is 3.32. The second-order valence-corrected chi connectivity index (χ2v) is 2.09. The van der Waals surface area contributed by atoms with Crippen molar-refractivity contribution in [3.63, 3.8) is 0 Å². The molecule has 0 radical (unpaired) electrons. The zero-order chi connectivity index (χ0) is 4.28. The van der Waals surface area contributed by atoms with Crippen LogP contribution in [0.2, 0.25) is 6.55 Å². The second kappa shape index (κ2) is 4.82. The molecule has 0 unspecified atom stereocenters. The first kappa shape index (κ1) is 9.26. The van der Waals surface area contributed by atoms with Gasteiger partial charge in [0.2, 0.25) is 0 Å². The first-order valence-corrected chi connectivity index (χ1v) is 3.13. The normalized spacial score (nSPS) is 5.67. The molecule has 0 heterocycles. The van der Waals surface area contributed by atoms with E-state index in [0.29, 0.717) is 0 Å². The Balaban J connectivity index is 0. The van der Waals surface area contributed by atoms with Crippen LogP contribution in [-0.4, -0.2) is 16.0 Å². The molecule has 0 bridgehead atoms. The van der Waals surface area contributed by atoms with E-state index in [1.165, 1.54) is 7.11 Å². The molecule has 0 atom stereocenters. The Hall–Kier alpha value is -0.183. The lowest BCUT2D eigenvalue weighted by Crippen LogP contribution is -1.92. The van der Waals surface area contributed by atoms with Crippen LogP contribution < -0.4 is 0 Å². The zero-order valence-corrected chi connectivity index (χ0v) is 4.32. The van der Waals surface area contributed by atoms with E-state index in [9.17, 15) is 4.46 Å². The molecule has 3 heteroatoms. The topological polar surface area (TPSA) is 26.3 Å². The lowest BCUT2D eigenvalue weighted by atomic mass is 11.8. The minimum Gasteiger partial charge on any atom is -0.527 e. The van der Waals surface area contributed by atoms with Crippen LogP contribution in [0.25, 0.3) is 0 Å². The molecule has 0 saturated heterocycles. The fourth-order valence-electron chi connectivity index (χ4n) is 0. The number of rotatable bonds is 1. The molecule has 0 aromatic carbocycles. The van der Waals surface area contributed by atoms with Crippen molar-refractivity contribution >= 4 is 8.93 Å². The maximum absolute atomic E-state index is 9.78. The highest BCUT2D eigenvalue weighted by Crippen LogP contribution is 1.58. The van der Waals surface area contributed by atoms with Gasteiger partial charge < -0.3 is 8.89 Å². The predicted molar refractivity (Wildman–Crippen MR) is 26.0 cm³/mol. The lowest BCUT2D eigenvalue weighted by Gasteiger charge is -1.79. The Bertz CT molecular complexity index is 44.1. The average molecular weight is 106 g/mol. The molecular weight excluding hydrogens is 96.1 g/mol. The molecule has 38 valence electrons. The highest BCUT2D eigenvalue weighted by Gasteiger charge is 1.84. The van der Waals surface area contributed by atoms with Gasteiger partial charge in [-0.3, -0.25) is 0 Å². The summed E-state index contributed by atoms with van der Waals surface area (Å²) < 4.78 is 14.1. The summed E-state index contributed by atoms with van der Waals surface area (Å²) in [5.74, 6) is 0. The fourth-order valence-corrected chi connectivity index (χ4v) is 0. The maximum Gasteiger partial charge on any atom is 0.498 e. The predicted octanol–water partition coefficient (Wildman–Crippen LogP) is 0.817. The van der Waals surface area contributed by atoms with E-state index in [1.807, 2.05) is 0 Å². The molecule has 0 fully saturated rings. The minimum atomic E-state index is -1.62. The van der Waals surface area contributed by atoms with Crippen LogP contribution in [0.1, 0.15) is 7.43 Å². The monoisotopic (exact) mass is 106 g/mol. The molecule has 0 aliphatic rings. The van der Waals surface area contributed by atoms with Gasteiger partial charge in [0.05, 0.1) is 7.11 Å². The highest BCUT2D eigenvalue weighted by molar-refractivity contribution is 6.32. The van der Waals surface area contributed by atoms with Gasteiger partial charge in [0, 0.05) is 6.55 Å². The van der Waals surface area contributed by atoms with E-state index < -0.39 is 8.93 Å². The average Bonchev–Trinajstić information content (AvgIpc) is 1.38. The van der Waals surface area contributed by atoms with Gasteiger partial charge in [-0.2, -0.15) is 0 Å². The standard InChI is InChI=1S/C2H6O2Si.CH4/c1-4-5(2)3;/h1-2H3;1H4. The van der Waals surface area contributed by atoms with Gasteiger partial charge in [0.25, 0.3) is 0 Å². The van der Waals surface area contributed by atoms with Crippen LogP contribution in [-0.2, 0) is 8.89 Å². The number of hydrogen-bond donors (Lipinski definition) is 0. The highest BCUT2D eigenvalue weighted by atomic mass is 28.3. The summed E-state index contributed by atoms with van der Waals surface area (Å²) in [6.07, 6.45) is 0. The minimum absolute atomic E-state index is 0. The molecule has 0 aromatic rings. The third kappa shape index (κ3) is 9.17. The van der Waals surface area contributed by atoms with Gasteiger partial charge in [-0.15, -0.1) is 0 Å². The van der Waals surface area contributed by atoms with Crippen molar-refractivity contribution in [1.82, 2.24) is 0 Å². The first-order chi connectivity index (χ1) is 2.27. The van der Waals surface area contributed by atoms with Crippen molar-refractivity contribution in [2.75, 3.05) is 7.11 Å². The van der Waals surface area contributed by atoms with E-state index in [4.69, 9.17) is 0 Å². The van der Waals surface area contributed by atoms with Crippen molar-refractivity contribution in [3.05, 3.63) is 0 Å². The Kier molecular flexibility index (Phi) is 7.44. The third-order valence-electron chi connectivity index (χ3n) is 0.287. The summed E-state index contributed by atoms with van der Waals surface area (Å²) in [7, 11) is -0.192. The molecule has 0 aliphatic heterocycles. The SMILES string of the molecule is C.CO[Si](C)=O. The molecule has 6 heavy (non-hydrogen) atoms. The maximum atomic E-state index is 9.78. The Labute approximate surface area is 39.9 Å². The van der Waals surface area contributed by atoms with Crippen LogP contribution in [0.4, 0.5) is 0 Å². The van der Waals surface area contributed by atoms with E-state index in [0.717, 1.165) is 0 Å². The molecule has 0 rings (SSSR count). The van der Waals surface area contributed by atoms with Crippen LogP contribution >= 0.6 is 0 Å². The molecule has 2 nitrogen and oxygen atoms in total. The van der Waals surface area contributed by atoms with Crippen molar-refractivity contribution in [2.24, 2.45) is 0 Å². The molecule has 0 spiro atoms. The molecule has 0 aromatic heterocycles. The van der Waals surface area contributed by atoms with Gasteiger partial charge in [0.15, 0.2) is 0 Å². The van der Waals surface area contributed by atoms with Gasteiger partial charge in [-0.05, 0) is 0 Å². The van der Waals surface area contributed by atoms with Crippen LogP contribution in [0.15, 0.2) is 0 Å². The van der Waals surface area contributed by atoms with Crippen molar-refractivity contribution in [1.29, 1.82) is 0 Å². The summed E-state index contributed by atoms with van der Waals surface area (Å²) >= 11 is 0. The Morgan fingerprint density at radius 3 is 1.83 bits per heavy atom. The van der Waals surface area contributed by atoms with Crippen molar-refractivity contribution < 1.29 is 8.89 Å². The van der Waals surface area contributed by atoms with Crippen LogP contribution in [0.3, 0.4) is 0 Å². The van der Waals surface area contributed by atoms with Crippen LogP contribution in [0, 0.1) is 0 Å². The smallest absolute Gasteiger partial charge is 0.498 e. The fraction of sp³-hybridized carbons (Fsp3) is 1.00. The van der Waals surface area contributed by atoms with Crippen molar-refractivity contribution in [2.45, 2.75) is 14.0 Å². The largest absolute Gasteiger partial charge is 0.527 e. The quantitative estimate of drug-likeness (QED) is 0.462. The van der Waals surface area contributed by atoms with Crippen molar-refractivity contribution in [3.8, 4) is 0 Å². The van der Waals surface area contributed by atoms with E-state index in [2.05, 4.69) is 4.43 Å². The van der Waals surface area contributed by atoms with Gasteiger partial charge in [-0.25, -0.2) is 0 Å². The van der Waals surface area contributed by atoms with E-state index in [-0.39, 0.29) is 7.43 Å². The summed E-state index contributed by atoms with van der Waals surface area (Å²) in [6, 6.07) is 0. The van der Waals surface area contributed by atoms with Crippen LogP contribution in [0.5, 0.6) is 0 Å². The van der Waals surface area contributed by atoms with Gasteiger partial charge >= 0.3 is 8.93 Å². The molecule has 0 N–H and O–H groups in total.